The molecule has 0 spiro atoms. The summed E-state index contributed by atoms with van der Waals surface area (Å²) < 4.78 is 41.5. The Morgan fingerprint density at radius 2 is 2.00 bits per heavy atom. The van der Waals surface area contributed by atoms with Crippen molar-refractivity contribution in [1.82, 2.24) is 19.7 Å². The Morgan fingerprint density at radius 3 is 2.66 bits per heavy atom. The van der Waals surface area contributed by atoms with Gasteiger partial charge in [0.2, 0.25) is 5.91 Å². The van der Waals surface area contributed by atoms with Gasteiger partial charge in [-0.05, 0) is 36.9 Å². The molecule has 0 atom stereocenters. The Labute approximate surface area is 173 Å². The SMILES string of the molecule is CN(CC(=O)Nc1cc(C(F)(F)F)ccc1-n1cncn1)Cc1ccccc1Br. The molecule has 2 aromatic carbocycles. The number of alkyl halides is 3. The minimum Gasteiger partial charge on any atom is -0.323 e. The van der Waals surface area contributed by atoms with Crippen molar-refractivity contribution in [2.45, 2.75) is 12.7 Å². The van der Waals surface area contributed by atoms with E-state index in [1.54, 1.807) is 11.9 Å². The summed E-state index contributed by atoms with van der Waals surface area (Å²) >= 11 is 3.45. The summed E-state index contributed by atoms with van der Waals surface area (Å²) in [5.74, 6) is -0.444. The molecule has 29 heavy (non-hydrogen) atoms. The number of anilines is 1. The quantitative estimate of drug-likeness (QED) is 0.592. The number of carbonyl (C=O) groups excluding carboxylic acids is 1. The number of nitrogens with one attached hydrogen (secondary N) is 1. The first kappa shape index (κ1) is 21.0. The minimum atomic E-state index is -4.53. The van der Waals surface area contributed by atoms with Crippen LogP contribution >= 0.6 is 15.9 Å². The number of carbonyl (C=O) groups is 1. The van der Waals surface area contributed by atoms with Crippen LogP contribution in [0.1, 0.15) is 11.1 Å². The van der Waals surface area contributed by atoms with Crippen molar-refractivity contribution < 1.29 is 18.0 Å². The molecule has 0 unspecified atom stereocenters. The highest BCUT2D eigenvalue weighted by Crippen LogP contribution is 2.33. The number of rotatable bonds is 6. The fourth-order valence-electron chi connectivity index (χ4n) is 2.75. The standard InChI is InChI=1S/C19H17BrF3N5O/c1-27(9-13-4-2-3-5-15(13)20)10-18(29)26-16-8-14(19(21,22)23)6-7-17(16)28-12-24-11-25-28/h2-8,11-12H,9-10H2,1H3,(H,26,29). The first-order valence-electron chi connectivity index (χ1n) is 8.52. The number of benzene rings is 2. The van der Waals surface area contributed by atoms with Gasteiger partial charge in [-0.15, -0.1) is 0 Å². The van der Waals surface area contributed by atoms with Crippen molar-refractivity contribution in [2.24, 2.45) is 0 Å². The summed E-state index contributed by atoms with van der Waals surface area (Å²) in [5.41, 5.74) is 0.422. The van der Waals surface area contributed by atoms with Gasteiger partial charge in [0.25, 0.3) is 0 Å². The maximum atomic E-state index is 13.1. The molecule has 0 fully saturated rings. The number of nitrogens with zero attached hydrogens (tertiary/aromatic N) is 4. The highest BCUT2D eigenvalue weighted by atomic mass is 79.9. The van der Waals surface area contributed by atoms with E-state index in [0.29, 0.717) is 6.54 Å². The van der Waals surface area contributed by atoms with Crippen LogP contribution in [0.4, 0.5) is 18.9 Å². The summed E-state index contributed by atoms with van der Waals surface area (Å²) in [6.45, 7) is 0.488. The molecule has 10 heteroatoms. The topological polar surface area (TPSA) is 63.1 Å². The van der Waals surface area contributed by atoms with Gasteiger partial charge in [-0.25, -0.2) is 9.67 Å². The Morgan fingerprint density at radius 1 is 1.24 bits per heavy atom. The summed E-state index contributed by atoms with van der Waals surface area (Å²) in [7, 11) is 1.75. The Bertz CT molecular complexity index is 992. The van der Waals surface area contributed by atoms with Crippen molar-refractivity contribution in [3.63, 3.8) is 0 Å². The van der Waals surface area contributed by atoms with Gasteiger partial charge >= 0.3 is 6.18 Å². The van der Waals surface area contributed by atoms with E-state index >= 15 is 0 Å². The van der Waals surface area contributed by atoms with Crippen molar-refractivity contribution in [3.05, 3.63) is 70.7 Å². The fraction of sp³-hybridized carbons (Fsp3) is 0.211. The maximum absolute atomic E-state index is 13.1. The molecule has 1 N–H and O–H groups in total. The van der Waals surface area contributed by atoms with Gasteiger partial charge < -0.3 is 5.32 Å². The number of hydrogen-bond donors (Lipinski definition) is 1. The second kappa shape index (κ2) is 8.75. The van der Waals surface area contributed by atoms with Gasteiger partial charge in [0.15, 0.2) is 0 Å². The Hall–Kier alpha value is -2.72. The van der Waals surface area contributed by atoms with E-state index in [2.05, 4.69) is 31.3 Å². The third-order valence-corrected chi connectivity index (χ3v) is 4.85. The lowest BCUT2D eigenvalue weighted by atomic mass is 10.1. The van der Waals surface area contributed by atoms with Crippen molar-refractivity contribution in [1.29, 1.82) is 0 Å². The minimum absolute atomic E-state index is 0.00427. The molecular weight excluding hydrogens is 451 g/mol. The van der Waals surface area contributed by atoms with Crippen molar-refractivity contribution >= 4 is 27.5 Å². The molecule has 3 aromatic rings. The molecule has 0 aliphatic heterocycles. The monoisotopic (exact) mass is 467 g/mol. The summed E-state index contributed by atoms with van der Waals surface area (Å²) in [6, 6.07) is 10.7. The predicted molar refractivity (Wildman–Crippen MR) is 105 cm³/mol. The zero-order valence-electron chi connectivity index (χ0n) is 15.3. The average Bonchev–Trinajstić information content (AvgIpc) is 3.17. The molecule has 0 saturated heterocycles. The van der Waals surface area contributed by atoms with Crippen LogP contribution in [0.3, 0.4) is 0 Å². The molecule has 0 saturated carbocycles. The Balaban J connectivity index is 1.77. The first-order valence-corrected chi connectivity index (χ1v) is 9.31. The Kier molecular flexibility index (Phi) is 6.33. The molecule has 0 aliphatic carbocycles. The van der Waals surface area contributed by atoms with E-state index < -0.39 is 17.6 Å². The molecule has 1 heterocycles. The zero-order valence-corrected chi connectivity index (χ0v) is 16.9. The van der Waals surface area contributed by atoms with Crippen molar-refractivity contribution in [2.75, 3.05) is 18.9 Å². The van der Waals surface area contributed by atoms with Crippen LogP contribution in [0, 0.1) is 0 Å². The molecule has 0 aliphatic rings. The van der Waals surface area contributed by atoms with E-state index in [4.69, 9.17) is 0 Å². The molecule has 1 aromatic heterocycles. The van der Waals surface area contributed by atoms with Crippen LogP contribution in [-0.4, -0.2) is 39.2 Å². The average molecular weight is 468 g/mol. The third kappa shape index (κ3) is 5.42. The fourth-order valence-corrected chi connectivity index (χ4v) is 3.16. The molecule has 0 radical (unpaired) electrons. The van der Waals surface area contributed by atoms with Gasteiger partial charge in [-0.2, -0.15) is 18.3 Å². The van der Waals surface area contributed by atoms with E-state index in [1.807, 2.05) is 24.3 Å². The number of hydrogen-bond acceptors (Lipinski definition) is 4. The van der Waals surface area contributed by atoms with E-state index in [0.717, 1.165) is 22.2 Å². The zero-order chi connectivity index (χ0) is 21.0. The highest BCUT2D eigenvalue weighted by Gasteiger charge is 2.31. The smallest absolute Gasteiger partial charge is 0.323 e. The summed E-state index contributed by atoms with van der Waals surface area (Å²) in [6.07, 6.45) is -1.93. The van der Waals surface area contributed by atoms with Crippen molar-refractivity contribution in [3.8, 4) is 5.69 Å². The number of amides is 1. The lowest BCUT2D eigenvalue weighted by Crippen LogP contribution is -2.30. The molecule has 1 amide bonds. The van der Waals surface area contributed by atoms with E-state index in [9.17, 15) is 18.0 Å². The van der Waals surface area contributed by atoms with Crippen LogP contribution in [0.2, 0.25) is 0 Å². The van der Waals surface area contributed by atoms with E-state index in [-0.39, 0.29) is 17.9 Å². The molecule has 152 valence electrons. The molecule has 6 nitrogen and oxygen atoms in total. The lowest BCUT2D eigenvalue weighted by Gasteiger charge is -2.19. The van der Waals surface area contributed by atoms with Crippen LogP contribution in [0.15, 0.2) is 59.6 Å². The maximum Gasteiger partial charge on any atom is 0.416 e. The van der Waals surface area contributed by atoms with Crippen LogP contribution in [0.25, 0.3) is 5.69 Å². The summed E-state index contributed by atoms with van der Waals surface area (Å²) in [4.78, 5) is 18.0. The second-order valence-corrected chi connectivity index (χ2v) is 7.24. The van der Waals surface area contributed by atoms with Gasteiger partial charge in [0.05, 0.1) is 23.5 Å². The normalized spacial score (nSPS) is 11.7. The van der Waals surface area contributed by atoms with Crippen LogP contribution in [-0.2, 0) is 17.5 Å². The second-order valence-electron chi connectivity index (χ2n) is 6.38. The van der Waals surface area contributed by atoms with Gasteiger partial charge in [-0.3, -0.25) is 9.69 Å². The number of likely N-dealkylation sites (N-methyl/N-ethyl adjacent to an activating group) is 1. The van der Waals surface area contributed by atoms with Gasteiger partial charge in [-0.1, -0.05) is 34.1 Å². The van der Waals surface area contributed by atoms with Crippen LogP contribution < -0.4 is 5.32 Å². The lowest BCUT2D eigenvalue weighted by molar-refractivity contribution is -0.137. The van der Waals surface area contributed by atoms with Gasteiger partial charge in [0, 0.05) is 11.0 Å². The number of halogens is 4. The third-order valence-electron chi connectivity index (χ3n) is 4.08. The number of aromatic nitrogens is 3. The largest absolute Gasteiger partial charge is 0.416 e. The molecular formula is C19H17BrF3N5O. The predicted octanol–water partition coefficient (Wildman–Crippen LogP) is 4.12. The highest BCUT2D eigenvalue weighted by molar-refractivity contribution is 9.10. The van der Waals surface area contributed by atoms with Gasteiger partial charge in [0.1, 0.15) is 12.7 Å². The summed E-state index contributed by atoms with van der Waals surface area (Å²) in [5, 5.41) is 6.49. The molecule has 3 rings (SSSR count). The van der Waals surface area contributed by atoms with E-state index in [1.165, 1.54) is 23.4 Å². The van der Waals surface area contributed by atoms with Crippen LogP contribution in [0.5, 0.6) is 0 Å². The molecule has 0 bridgehead atoms. The first-order chi connectivity index (χ1) is 13.7.